The van der Waals surface area contributed by atoms with Crippen molar-refractivity contribution in [1.82, 2.24) is 0 Å². The predicted octanol–water partition coefficient (Wildman–Crippen LogP) is 6.00. The fourth-order valence-electron chi connectivity index (χ4n) is 2.21. The molecule has 3 nitrogen and oxygen atoms in total. The van der Waals surface area contributed by atoms with Crippen LogP contribution in [0.4, 0.5) is 13.2 Å². The number of halogens is 4. The number of hydrogen-bond donors (Lipinski definition) is 0. The van der Waals surface area contributed by atoms with Crippen LogP contribution < -0.4 is 4.74 Å². The highest BCUT2D eigenvalue weighted by Crippen LogP contribution is 2.34. The third-order valence-corrected chi connectivity index (χ3v) is 5.03. The average Bonchev–Trinajstić information content (AvgIpc) is 2.94. The van der Waals surface area contributed by atoms with Gasteiger partial charge in [-0.2, -0.15) is 13.2 Å². The van der Waals surface area contributed by atoms with Crippen molar-refractivity contribution in [3.63, 3.8) is 0 Å². The van der Waals surface area contributed by atoms with Gasteiger partial charge in [0.2, 0.25) is 0 Å². The molecule has 0 fully saturated rings. The predicted molar refractivity (Wildman–Crippen MR) is 97.3 cm³/mol. The van der Waals surface area contributed by atoms with E-state index in [1.54, 1.807) is 0 Å². The number of thiophene rings is 1. The summed E-state index contributed by atoms with van der Waals surface area (Å²) in [6.07, 6.45) is -2.89. The van der Waals surface area contributed by atoms with E-state index in [-0.39, 0.29) is 19.0 Å². The zero-order chi connectivity index (χ0) is 18.6. The Morgan fingerprint density at radius 1 is 1.08 bits per heavy atom. The van der Waals surface area contributed by atoms with Gasteiger partial charge in [-0.05, 0) is 24.3 Å². The average molecular weight is 400 g/mol. The minimum absolute atomic E-state index is 0.0683. The molecule has 0 saturated carbocycles. The van der Waals surface area contributed by atoms with Gasteiger partial charge in [-0.15, -0.1) is 11.3 Å². The Morgan fingerprint density at radius 2 is 1.88 bits per heavy atom. The molecule has 136 valence electrons. The lowest BCUT2D eigenvalue weighted by atomic mass is 10.2. The highest BCUT2D eigenvalue weighted by Gasteiger charge is 2.30. The summed E-state index contributed by atoms with van der Waals surface area (Å²) in [6.45, 7) is 0.161. The Balaban J connectivity index is 1.50. The van der Waals surface area contributed by atoms with Gasteiger partial charge in [0, 0.05) is 10.1 Å². The Hall–Kier alpha value is -2.25. The summed E-state index contributed by atoms with van der Waals surface area (Å²) >= 11 is 7.77. The molecule has 3 rings (SSSR count). The van der Waals surface area contributed by atoms with E-state index >= 15 is 0 Å². The second-order valence-corrected chi connectivity index (χ2v) is 6.68. The van der Waals surface area contributed by atoms with E-state index in [4.69, 9.17) is 21.2 Å². The number of alkyl halides is 3. The number of benzene rings is 2. The van der Waals surface area contributed by atoms with Crippen molar-refractivity contribution < 1.29 is 22.7 Å². The van der Waals surface area contributed by atoms with Gasteiger partial charge in [0.25, 0.3) is 0 Å². The van der Waals surface area contributed by atoms with Crippen molar-refractivity contribution >= 4 is 39.2 Å². The molecule has 8 heteroatoms. The maximum absolute atomic E-state index is 12.6. The zero-order valence-electron chi connectivity index (χ0n) is 13.3. The summed E-state index contributed by atoms with van der Waals surface area (Å²) in [5, 5.41) is 5.39. The van der Waals surface area contributed by atoms with E-state index in [2.05, 4.69) is 5.16 Å². The third-order valence-electron chi connectivity index (χ3n) is 3.41. The minimum Gasteiger partial charge on any atom is -0.490 e. The zero-order valence-corrected chi connectivity index (χ0v) is 14.9. The van der Waals surface area contributed by atoms with Crippen LogP contribution in [-0.2, 0) is 11.0 Å². The second-order valence-electron chi connectivity index (χ2n) is 5.22. The van der Waals surface area contributed by atoms with Crippen LogP contribution in [0.15, 0.2) is 53.7 Å². The molecule has 0 aliphatic carbocycles. The summed E-state index contributed by atoms with van der Waals surface area (Å²) in [6, 6.07) is 12.4. The molecule has 0 bridgehead atoms. The van der Waals surface area contributed by atoms with E-state index in [0.717, 1.165) is 27.1 Å². The second kappa shape index (κ2) is 7.97. The first kappa shape index (κ1) is 18.5. The van der Waals surface area contributed by atoms with E-state index < -0.39 is 11.7 Å². The number of ether oxygens (including phenoxy) is 1. The van der Waals surface area contributed by atoms with Crippen LogP contribution in [0, 0.1) is 0 Å². The number of nitrogens with zero attached hydrogens (tertiary/aromatic N) is 1. The van der Waals surface area contributed by atoms with E-state index in [0.29, 0.717) is 5.02 Å². The van der Waals surface area contributed by atoms with Crippen LogP contribution >= 0.6 is 22.9 Å². The standard InChI is InChI=1S/C18H13ClF3NO2S/c19-17-14-6-1-2-7-15(14)26-16(17)11-23-25-9-8-24-13-5-3-4-12(10-13)18(20,21)22/h1-7,10-11H,8-9H2/b23-11+. The molecule has 0 unspecified atom stereocenters. The van der Waals surface area contributed by atoms with Crippen molar-refractivity contribution in [2.45, 2.75) is 6.18 Å². The third kappa shape index (κ3) is 4.47. The van der Waals surface area contributed by atoms with Gasteiger partial charge in [-0.3, -0.25) is 0 Å². The lowest BCUT2D eigenvalue weighted by Crippen LogP contribution is -2.07. The monoisotopic (exact) mass is 399 g/mol. The number of rotatable bonds is 6. The Labute approximate surface area is 156 Å². The lowest BCUT2D eigenvalue weighted by molar-refractivity contribution is -0.137. The first-order chi connectivity index (χ1) is 12.4. The quantitative estimate of drug-likeness (QED) is 0.289. The van der Waals surface area contributed by atoms with Crippen LogP contribution in [-0.4, -0.2) is 19.4 Å². The van der Waals surface area contributed by atoms with Gasteiger partial charge < -0.3 is 9.57 Å². The van der Waals surface area contributed by atoms with Crippen molar-refractivity contribution in [2.75, 3.05) is 13.2 Å². The molecule has 0 spiro atoms. The van der Waals surface area contributed by atoms with Gasteiger partial charge in [-0.25, -0.2) is 0 Å². The highest BCUT2D eigenvalue weighted by molar-refractivity contribution is 7.21. The lowest BCUT2D eigenvalue weighted by Gasteiger charge is -2.09. The van der Waals surface area contributed by atoms with E-state index in [9.17, 15) is 13.2 Å². The summed E-state index contributed by atoms with van der Waals surface area (Å²) in [7, 11) is 0. The van der Waals surface area contributed by atoms with Gasteiger partial charge in [-0.1, -0.05) is 41.0 Å². The smallest absolute Gasteiger partial charge is 0.416 e. The van der Waals surface area contributed by atoms with Gasteiger partial charge in [0.15, 0.2) is 6.61 Å². The van der Waals surface area contributed by atoms with Crippen molar-refractivity contribution in [3.8, 4) is 5.75 Å². The normalized spacial score (nSPS) is 12.0. The van der Waals surface area contributed by atoms with E-state index in [1.165, 1.54) is 29.7 Å². The van der Waals surface area contributed by atoms with Crippen LogP contribution in [0.2, 0.25) is 5.02 Å². The fourth-order valence-corrected chi connectivity index (χ4v) is 3.56. The number of oxime groups is 1. The summed E-state index contributed by atoms with van der Waals surface area (Å²) in [4.78, 5) is 5.85. The minimum atomic E-state index is -4.40. The molecule has 1 aromatic heterocycles. The Bertz CT molecular complexity index is 924. The first-order valence-corrected chi connectivity index (χ1v) is 8.77. The van der Waals surface area contributed by atoms with Crippen molar-refractivity contribution in [1.29, 1.82) is 0 Å². The Morgan fingerprint density at radius 3 is 2.65 bits per heavy atom. The van der Waals surface area contributed by atoms with Crippen molar-refractivity contribution in [3.05, 3.63) is 64.0 Å². The van der Waals surface area contributed by atoms with Gasteiger partial charge in [0.1, 0.15) is 12.4 Å². The van der Waals surface area contributed by atoms with Crippen LogP contribution in [0.25, 0.3) is 10.1 Å². The molecule has 1 heterocycles. The molecule has 0 aliphatic heterocycles. The molecule has 3 aromatic rings. The topological polar surface area (TPSA) is 30.8 Å². The van der Waals surface area contributed by atoms with Gasteiger partial charge >= 0.3 is 6.18 Å². The van der Waals surface area contributed by atoms with Crippen LogP contribution in [0.5, 0.6) is 5.75 Å². The van der Waals surface area contributed by atoms with Crippen LogP contribution in [0.3, 0.4) is 0 Å². The molecule has 0 atom stereocenters. The first-order valence-electron chi connectivity index (χ1n) is 7.57. The molecular weight excluding hydrogens is 387 g/mol. The SMILES string of the molecule is FC(F)(F)c1cccc(OCCO/N=C/c2sc3ccccc3c2Cl)c1. The molecule has 0 aliphatic rings. The molecule has 0 radical (unpaired) electrons. The number of fused-ring (bicyclic) bond motifs is 1. The van der Waals surface area contributed by atoms with Crippen molar-refractivity contribution in [2.24, 2.45) is 5.16 Å². The van der Waals surface area contributed by atoms with E-state index in [1.807, 2.05) is 24.3 Å². The summed E-state index contributed by atoms with van der Waals surface area (Å²) < 4.78 is 44.1. The largest absolute Gasteiger partial charge is 0.490 e. The fraction of sp³-hybridized carbons (Fsp3) is 0.167. The van der Waals surface area contributed by atoms with Gasteiger partial charge in [0.05, 0.1) is 21.7 Å². The maximum Gasteiger partial charge on any atom is 0.416 e. The molecule has 0 N–H and O–H groups in total. The highest BCUT2D eigenvalue weighted by atomic mass is 35.5. The molecule has 2 aromatic carbocycles. The maximum atomic E-state index is 12.6. The summed E-state index contributed by atoms with van der Waals surface area (Å²) in [5.74, 6) is 0.125. The molecule has 0 saturated heterocycles. The molecule has 0 amide bonds. The molecule has 26 heavy (non-hydrogen) atoms. The summed E-state index contributed by atoms with van der Waals surface area (Å²) in [5.41, 5.74) is -0.756. The molecular formula is C18H13ClF3NO2S. The van der Waals surface area contributed by atoms with Crippen LogP contribution in [0.1, 0.15) is 10.4 Å². The Kier molecular flexibility index (Phi) is 5.68. The number of hydrogen-bond acceptors (Lipinski definition) is 4.